The van der Waals surface area contributed by atoms with Crippen molar-refractivity contribution in [3.63, 3.8) is 0 Å². The van der Waals surface area contributed by atoms with Crippen molar-refractivity contribution in [2.45, 2.75) is 25.7 Å². The van der Waals surface area contributed by atoms with Crippen molar-refractivity contribution in [1.82, 2.24) is 37.4 Å². The van der Waals surface area contributed by atoms with Crippen LogP contribution in [0.3, 0.4) is 0 Å². The number of hydrogen-bond donors (Lipinski definition) is 0. The van der Waals surface area contributed by atoms with Gasteiger partial charge < -0.3 is 27.4 Å². The first-order valence-electron chi connectivity index (χ1n) is 44.2. The molecule has 0 saturated heterocycles. The lowest BCUT2D eigenvalue weighted by Crippen LogP contribution is -2.30. The van der Waals surface area contributed by atoms with E-state index >= 15 is 0 Å². The summed E-state index contributed by atoms with van der Waals surface area (Å²) in [5.41, 5.74) is 32.9. The molecular formula is C119H80N8. The van der Waals surface area contributed by atoms with Gasteiger partial charge in [-0.25, -0.2) is 9.97 Å². The van der Waals surface area contributed by atoms with Gasteiger partial charge in [0.15, 0.2) is 5.82 Å². The molecule has 0 bridgehead atoms. The second-order valence-corrected chi connectivity index (χ2v) is 34.3. The van der Waals surface area contributed by atoms with Crippen LogP contribution in [0.2, 0.25) is 0 Å². The van der Waals surface area contributed by atoms with E-state index in [1.165, 1.54) is 142 Å². The summed E-state index contributed by atoms with van der Waals surface area (Å²) in [7, 11) is 0. The Morgan fingerprint density at radius 3 is 0.929 bits per heavy atom. The SMILES string of the molecule is CC1C(n2c3ccc(-c4ccc5c(c4)c4c(n5-c5ccccc5)=CCCC=4)cc3c3cc(-c4ccc5c(c4)c4ccccc4n5-c4ccccc4)ccc32)=CC=C[C@@H]1c1cc(-c2ccc(-n3c4ccc(-c5ccc6c(c5)c5ccccc5n6-c5ccccc5)cc4c4cc(-c5ccc6c(c5)c5ccccc5n6-c5ccccc5)ccc43)cc2)nc(-c2ccccc2)n1. The topological polar surface area (TPSA) is 55.4 Å². The van der Waals surface area contributed by atoms with Gasteiger partial charge in [-0.1, -0.05) is 250 Å². The highest BCUT2D eigenvalue weighted by Crippen LogP contribution is 2.48. The van der Waals surface area contributed by atoms with Gasteiger partial charge in [0.05, 0.1) is 72.1 Å². The molecule has 0 amide bonds. The third-order valence-electron chi connectivity index (χ3n) is 27.2. The summed E-state index contributed by atoms with van der Waals surface area (Å²) >= 11 is 0. The molecule has 0 N–H and O–H groups in total. The van der Waals surface area contributed by atoms with Gasteiger partial charge in [0.25, 0.3) is 0 Å². The molecule has 8 nitrogen and oxygen atoms in total. The minimum Gasteiger partial charge on any atom is -0.313 e. The molecule has 0 radical (unpaired) electrons. The van der Waals surface area contributed by atoms with Crippen LogP contribution in [-0.4, -0.2) is 37.4 Å². The van der Waals surface area contributed by atoms with E-state index in [4.69, 9.17) is 9.97 Å². The maximum Gasteiger partial charge on any atom is 0.160 e. The van der Waals surface area contributed by atoms with Crippen LogP contribution in [0.1, 0.15) is 31.4 Å². The molecule has 2 aliphatic carbocycles. The van der Waals surface area contributed by atoms with Gasteiger partial charge in [-0.15, -0.1) is 0 Å². The average Bonchev–Trinajstić information content (AvgIpc) is 1.57. The molecule has 7 aromatic heterocycles. The summed E-state index contributed by atoms with van der Waals surface area (Å²) in [6, 6.07) is 148. The molecule has 1 unspecified atom stereocenters. The lowest BCUT2D eigenvalue weighted by Gasteiger charge is -2.28. The zero-order valence-corrected chi connectivity index (χ0v) is 69.6. The molecular weight excluding hydrogens is 1540 g/mol. The van der Waals surface area contributed by atoms with Crippen molar-refractivity contribution in [2.75, 3.05) is 0 Å². The van der Waals surface area contributed by atoms with E-state index in [2.05, 4.69) is 465 Å². The summed E-state index contributed by atoms with van der Waals surface area (Å²) in [4.78, 5) is 11.1. The minimum atomic E-state index is -0.116. The standard InChI is InChI=1S/C119H80N8/c1-75-91(40-25-45-106(75)127-117-64-54-84(80-50-60-113-98(68-80)94-38-19-23-43-109(94)124(113)88-32-13-5-14-33-88)72-102(117)103-73-85(55-65-118(103)127)81-51-61-114-99(69-81)95-39-20-24-44-110(95)125(114)89-34-15-6-16-35-89)105-74-104(120-119(121-105)77-26-7-2-8-27-77)76-46-56-90(57-47-76)126-115-62-52-82(78-48-58-111-96(66-78)92-36-17-21-41-107(92)122(111)86-28-9-3-10-29-86)70-100(115)101-71-83(53-63-116(101)126)79-49-59-112-97(67-79)93-37-18-22-42-108(93)123(112)87-30-11-4-12-31-87/h2-19,21-23,25-75,91H,20,24H2,1H3/t75?,91-/m0/s1. The van der Waals surface area contributed by atoms with Crippen molar-refractivity contribution < 1.29 is 0 Å². The highest BCUT2D eigenvalue weighted by Gasteiger charge is 2.31. The van der Waals surface area contributed by atoms with E-state index in [1.54, 1.807) is 0 Å². The first-order valence-corrected chi connectivity index (χ1v) is 44.2. The van der Waals surface area contributed by atoms with Crippen molar-refractivity contribution in [3.8, 4) is 95.6 Å². The molecule has 0 aliphatic heterocycles. The van der Waals surface area contributed by atoms with Crippen molar-refractivity contribution >= 4 is 138 Å². The van der Waals surface area contributed by atoms with Crippen LogP contribution in [0.5, 0.6) is 0 Å². The van der Waals surface area contributed by atoms with Gasteiger partial charge in [0, 0.05) is 127 Å². The van der Waals surface area contributed by atoms with Crippen molar-refractivity contribution in [3.05, 3.63) is 435 Å². The summed E-state index contributed by atoms with van der Waals surface area (Å²) < 4.78 is 14.6. The first kappa shape index (κ1) is 72.2. The normalized spacial score (nSPS) is 14.1. The lowest BCUT2D eigenvalue weighted by atomic mass is 9.84. The fourth-order valence-corrected chi connectivity index (χ4v) is 21.3. The van der Waals surface area contributed by atoms with Gasteiger partial charge in [-0.2, -0.15) is 0 Å². The molecule has 7 heterocycles. The number of allylic oxidation sites excluding steroid dienone is 4. The quantitative estimate of drug-likeness (QED) is 0.116. The lowest BCUT2D eigenvalue weighted by molar-refractivity contribution is 0.616. The fourth-order valence-electron chi connectivity index (χ4n) is 21.3. The van der Waals surface area contributed by atoms with Gasteiger partial charge in [0.1, 0.15) is 0 Å². The molecule has 127 heavy (non-hydrogen) atoms. The van der Waals surface area contributed by atoms with Crippen LogP contribution in [0.4, 0.5) is 0 Å². The Labute approximate surface area is 732 Å². The number of para-hydroxylation sites is 7. The average molecular weight is 1620 g/mol. The summed E-state index contributed by atoms with van der Waals surface area (Å²) in [6.45, 7) is 2.39. The Bertz CT molecular complexity index is 8670. The smallest absolute Gasteiger partial charge is 0.160 e. The van der Waals surface area contributed by atoms with Crippen LogP contribution < -0.4 is 10.6 Å². The molecule has 26 rings (SSSR count). The zero-order valence-electron chi connectivity index (χ0n) is 69.6. The Hall–Kier alpha value is -16.4. The number of hydrogen-bond acceptors (Lipinski definition) is 2. The first-order chi connectivity index (χ1) is 62.9. The fraction of sp³-hybridized carbons (Fsp3) is 0.0420. The third-order valence-corrected chi connectivity index (χ3v) is 27.2. The van der Waals surface area contributed by atoms with Gasteiger partial charge in [-0.05, 0) is 245 Å². The number of nitrogens with zero attached hydrogens (tertiary/aromatic N) is 8. The molecule has 17 aromatic carbocycles. The molecule has 596 valence electrons. The molecule has 2 atom stereocenters. The summed E-state index contributed by atoms with van der Waals surface area (Å²) in [5.74, 6) is 0.549. The number of rotatable bonds is 13. The molecule has 2 aliphatic rings. The molecule has 24 aromatic rings. The maximum absolute atomic E-state index is 5.62. The van der Waals surface area contributed by atoms with E-state index in [-0.39, 0.29) is 11.8 Å². The third kappa shape index (κ3) is 11.5. The Kier molecular flexibility index (Phi) is 16.4. The number of aromatic nitrogens is 8. The molecule has 0 saturated carbocycles. The van der Waals surface area contributed by atoms with Gasteiger partial charge in [0.2, 0.25) is 0 Å². The van der Waals surface area contributed by atoms with E-state index in [0.29, 0.717) is 5.82 Å². The van der Waals surface area contributed by atoms with Crippen LogP contribution in [0, 0.1) is 5.92 Å². The largest absolute Gasteiger partial charge is 0.313 e. The summed E-state index contributed by atoms with van der Waals surface area (Å²) in [5, 5.41) is 16.0. The van der Waals surface area contributed by atoms with Crippen LogP contribution in [-0.2, 0) is 0 Å². The number of benzene rings is 17. The summed E-state index contributed by atoms with van der Waals surface area (Å²) in [6.07, 6.45) is 13.9. The Morgan fingerprint density at radius 1 is 0.236 bits per heavy atom. The predicted molar refractivity (Wildman–Crippen MR) is 531 cm³/mol. The van der Waals surface area contributed by atoms with E-state index in [9.17, 15) is 0 Å². The Balaban J connectivity index is 0.591. The second kappa shape index (κ2) is 28.9. The predicted octanol–water partition coefficient (Wildman–Crippen LogP) is 29.1. The van der Waals surface area contributed by atoms with Crippen LogP contribution >= 0.6 is 0 Å². The van der Waals surface area contributed by atoms with Crippen molar-refractivity contribution in [2.24, 2.45) is 5.92 Å². The van der Waals surface area contributed by atoms with E-state index in [0.717, 1.165) is 102 Å². The van der Waals surface area contributed by atoms with Crippen LogP contribution in [0.25, 0.3) is 233 Å². The van der Waals surface area contributed by atoms with E-state index in [1.807, 2.05) is 0 Å². The molecule has 8 heteroatoms. The van der Waals surface area contributed by atoms with Crippen molar-refractivity contribution in [1.29, 1.82) is 0 Å². The minimum absolute atomic E-state index is 0.0262. The highest BCUT2D eigenvalue weighted by atomic mass is 15.0. The van der Waals surface area contributed by atoms with Crippen LogP contribution in [0.15, 0.2) is 419 Å². The Morgan fingerprint density at radius 2 is 0.535 bits per heavy atom. The molecule has 0 spiro atoms. The van der Waals surface area contributed by atoms with Gasteiger partial charge >= 0.3 is 0 Å². The number of fused-ring (bicyclic) bond motifs is 18. The van der Waals surface area contributed by atoms with Gasteiger partial charge in [-0.3, -0.25) is 0 Å². The second-order valence-electron chi connectivity index (χ2n) is 34.3. The zero-order chi connectivity index (χ0) is 83.5. The highest BCUT2D eigenvalue weighted by molar-refractivity contribution is 6.17. The maximum atomic E-state index is 5.62. The molecule has 0 fully saturated rings. The van der Waals surface area contributed by atoms with E-state index < -0.39 is 0 Å². The monoisotopic (exact) mass is 1620 g/mol.